The van der Waals surface area contributed by atoms with E-state index in [9.17, 15) is 19.8 Å². The van der Waals surface area contributed by atoms with Crippen molar-refractivity contribution in [1.29, 1.82) is 0 Å². The predicted molar refractivity (Wildman–Crippen MR) is 291 cm³/mol. The molecule has 0 saturated carbocycles. The van der Waals surface area contributed by atoms with E-state index in [1.165, 1.54) is 70.6 Å². The maximum atomic E-state index is 13.2. The van der Waals surface area contributed by atoms with Crippen molar-refractivity contribution in [1.82, 2.24) is 5.32 Å². The zero-order valence-corrected chi connectivity index (χ0v) is 43.2. The number of esters is 1. The lowest BCUT2D eigenvalue weighted by Gasteiger charge is -2.24. The highest BCUT2D eigenvalue weighted by molar-refractivity contribution is 5.77. The molecule has 0 bridgehead atoms. The minimum absolute atomic E-state index is 0.0200. The van der Waals surface area contributed by atoms with Crippen molar-refractivity contribution in [3.63, 3.8) is 0 Å². The van der Waals surface area contributed by atoms with Crippen LogP contribution >= 0.6 is 0 Å². The first kappa shape index (κ1) is 63.3. The van der Waals surface area contributed by atoms with Crippen molar-refractivity contribution in [2.75, 3.05) is 6.61 Å². The van der Waals surface area contributed by atoms with Gasteiger partial charge < -0.3 is 20.3 Å². The molecule has 0 fully saturated rings. The van der Waals surface area contributed by atoms with Gasteiger partial charge in [-0.3, -0.25) is 9.59 Å². The molecule has 6 heteroatoms. The number of carbonyl (C=O) groups excluding carboxylic acids is 2. The van der Waals surface area contributed by atoms with Gasteiger partial charge in [-0.2, -0.15) is 0 Å². The summed E-state index contributed by atoms with van der Waals surface area (Å²) in [5.41, 5.74) is 0. The highest BCUT2D eigenvalue weighted by Gasteiger charge is 2.24. The van der Waals surface area contributed by atoms with Gasteiger partial charge in [0.25, 0.3) is 0 Å². The fraction of sp³-hybridized carbons (Fsp3) is 0.639. The fourth-order valence-corrected chi connectivity index (χ4v) is 7.55. The van der Waals surface area contributed by atoms with Crippen LogP contribution in [0.2, 0.25) is 0 Å². The van der Waals surface area contributed by atoms with E-state index < -0.39 is 18.2 Å². The molecule has 0 spiro atoms. The maximum absolute atomic E-state index is 13.2. The molecule has 3 N–H and O–H groups in total. The Bertz CT molecular complexity index is 1410. The molecule has 0 heterocycles. The normalized spacial score (nSPS) is 14.2. The average molecular weight is 928 g/mol. The molecule has 380 valence electrons. The molecule has 3 unspecified atom stereocenters. The number of aliphatic hydroxyl groups excluding tert-OH is 2. The molecule has 0 rings (SSSR count). The fourth-order valence-electron chi connectivity index (χ4n) is 7.55. The van der Waals surface area contributed by atoms with Crippen LogP contribution in [0.4, 0.5) is 0 Å². The van der Waals surface area contributed by atoms with Gasteiger partial charge in [-0.15, -0.1) is 0 Å². The van der Waals surface area contributed by atoms with E-state index in [1.54, 1.807) is 0 Å². The van der Waals surface area contributed by atoms with Crippen LogP contribution in [-0.2, 0) is 14.3 Å². The molecular formula is C61H101NO5. The number of ether oxygens (including phenoxy) is 1. The van der Waals surface area contributed by atoms with Crippen LogP contribution in [0.3, 0.4) is 0 Å². The summed E-state index contributed by atoms with van der Waals surface area (Å²) in [4.78, 5) is 26.2. The molecule has 3 atom stereocenters. The van der Waals surface area contributed by atoms with Gasteiger partial charge in [-0.25, -0.2) is 0 Å². The highest BCUT2D eigenvalue weighted by atomic mass is 16.5. The molecule has 0 radical (unpaired) electrons. The van der Waals surface area contributed by atoms with Gasteiger partial charge in [0.05, 0.1) is 25.2 Å². The van der Waals surface area contributed by atoms with Crippen LogP contribution < -0.4 is 5.32 Å². The number of hydrogen-bond acceptors (Lipinski definition) is 5. The maximum Gasteiger partial charge on any atom is 0.306 e. The van der Waals surface area contributed by atoms with Gasteiger partial charge in [-0.1, -0.05) is 251 Å². The number of allylic oxidation sites excluding steroid dienone is 20. The molecule has 0 aromatic rings. The quantitative estimate of drug-likeness (QED) is 0.0245. The summed E-state index contributed by atoms with van der Waals surface area (Å²) in [6.07, 6.45) is 73.9. The molecule has 0 aromatic carbocycles. The SMILES string of the molecule is CC/C=C\C/C=C\C/C=C\C/C=C\C/C=C\CCCC(CC(=O)NC(CO)C(O)CCCCCCCCCCCCCCC)OC(=O)CCCCCCC/C=C/C=C/C=C/C=C/C=C/CCC. The predicted octanol–water partition coefficient (Wildman–Crippen LogP) is 16.8. The molecule has 1 amide bonds. The number of aliphatic hydroxyl groups is 2. The van der Waals surface area contributed by atoms with Gasteiger partial charge in [-0.05, 0) is 83.5 Å². The van der Waals surface area contributed by atoms with Gasteiger partial charge in [0, 0.05) is 6.42 Å². The summed E-state index contributed by atoms with van der Waals surface area (Å²) >= 11 is 0. The molecule has 0 saturated heterocycles. The van der Waals surface area contributed by atoms with E-state index in [0.717, 1.165) is 109 Å². The van der Waals surface area contributed by atoms with Crippen LogP contribution in [0, 0.1) is 0 Å². The van der Waals surface area contributed by atoms with E-state index in [4.69, 9.17) is 4.74 Å². The third-order valence-electron chi connectivity index (χ3n) is 11.6. The van der Waals surface area contributed by atoms with Crippen LogP contribution in [0.25, 0.3) is 0 Å². The minimum Gasteiger partial charge on any atom is -0.462 e. The summed E-state index contributed by atoms with van der Waals surface area (Å²) < 4.78 is 5.91. The summed E-state index contributed by atoms with van der Waals surface area (Å²) in [5, 5.41) is 23.8. The second kappa shape index (κ2) is 53.2. The molecular weight excluding hydrogens is 827 g/mol. The smallest absolute Gasteiger partial charge is 0.306 e. The number of nitrogens with one attached hydrogen (secondary N) is 1. The summed E-state index contributed by atoms with van der Waals surface area (Å²) in [6, 6.07) is -0.734. The van der Waals surface area contributed by atoms with Crippen LogP contribution in [0.5, 0.6) is 0 Å². The summed E-state index contributed by atoms with van der Waals surface area (Å²) in [6.45, 7) is 6.26. The zero-order valence-electron chi connectivity index (χ0n) is 43.2. The average Bonchev–Trinajstić information content (AvgIpc) is 3.32. The molecule has 6 nitrogen and oxygen atoms in total. The van der Waals surface area contributed by atoms with Crippen LogP contribution in [-0.4, -0.2) is 46.9 Å². The zero-order chi connectivity index (χ0) is 48.8. The number of rotatable bonds is 47. The molecule has 67 heavy (non-hydrogen) atoms. The van der Waals surface area contributed by atoms with Gasteiger partial charge in [0.15, 0.2) is 0 Å². The molecule has 0 aromatic heterocycles. The Kier molecular flexibility index (Phi) is 50.2. The molecule has 0 aliphatic carbocycles. The van der Waals surface area contributed by atoms with Crippen molar-refractivity contribution < 1.29 is 24.5 Å². The first-order valence-corrected chi connectivity index (χ1v) is 27.3. The van der Waals surface area contributed by atoms with E-state index in [0.29, 0.717) is 19.3 Å². The van der Waals surface area contributed by atoms with E-state index in [1.807, 2.05) is 24.3 Å². The van der Waals surface area contributed by atoms with Crippen molar-refractivity contribution in [3.8, 4) is 0 Å². The van der Waals surface area contributed by atoms with Crippen molar-refractivity contribution >= 4 is 11.9 Å². The van der Waals surface area contributed by atoms with Crippen molar-refractivity contribution in [3.05, 3.63) is 122 Å². The lowest BCUT2D eigenvalue weighted by molar-refractivity contribution is -0.151. The lowest BCUT2D eigenvalue weighted by atomic mass is 10.0. The number of carbonyl (C=O) groups is 2. The Morgan fingerprint density at radius 3 is 1.43 bits per heavy atom. The van der Waals surface area contributed by atoms with Gasteiger partial charge >= 0.3 is 5.97 Å². The highest BCUT2D eigenvalue weighted by Crippen LogP contribution is 2.17. The number of amides is 1. The van der Waals surface area contributed by atoms with Crippen LogP contribution in [0.15, 0.2) is 122 Å². The van der Waals surface area contributed by atoms with Crippen molar-refractivity contribution in [2.24, 2.45) is 0 Å². The Labute approximate surface area is 412 Å². The molecule has 0 aliphatic rings. The second-order valence-corrected chi connectivity index (χ2v) is 18.0. The monoisotopic (exact) mass is 928 g/mol. The van der Waals surface area contributed by atoms with Crippen LogP contribution in [0.1, 0.15) is 226 Å². The van der Waals surface area contributed by atoms with Gasteiger partial charge in [0.2, 0.25) is 5.91 Å². The first-order valence-electron chi connectivity index (χ1n) is 27.3. The minimum atomic E-state index is -0.816. The molecule has 0 aliphatic heterocycles. The summed E-state index contributed by atoms with van der Waals surface area (Å²) in [7, 11) is 0. The Morgan fingerprint density at radius 2 is 0.910 bits per heavy atom. The largest absolute Gasteiger partial charge is 0.462 e. The second-order valence-electron chi connectivity index (χ2n) is 18.0. The van der Waals surface area contributed by atoms with Gasteiger partial charge in [0.1, 0.15) is 6.10 Å². The summed E-state index contributed by atoms with van der Waals surface area (Å²) in [5.74, 6) is -0.568. The van der Waals surface area contributed by atoms with Crippen molar-refractivity contribution in [2.45, 2.75) is 244 Å². The number of hydrogen-bond donors (Lipinski definition) is 3. The standard InChI is InChI=1S/C61H101NO5/c1-4-7-10-13-16-19-22-25-27-29-31-33-36-39-42-45-48-51-54-61(66)67-57(52-49-46-43-40-37-35-32-30-28-26-23-20-17-14-11-8-5-2)55-60(65)62-58(56-63)59(64)53-50-47-44-41-38-34-24-21-18-15-12-9-6-3/h8,10-11,13,16-17,19-20,22,25-29,31-33,35,40,43,57-59,63-64H,4-7,9,12,14-15,18,21,23-24,30,34,36-39,41-42,44-56H2,1-3H3,(H,62,65)/b11-8-,13-10+,19-16+,20-17-,25-22+,28-26-,29-27+,33-31+,35-32-,43-40-. The van der Waals surface area contributed by atoms with E-state index in [-0.39, 0.29) is 24.9 Å². The Morgan fingerprint density at radius 1 is 0.463 bits per heavy atom. The number of unbranched alkanes of at least 4 members (excludes halogenated alkanes) is 19. The van der Waals surface area contributed by atoms with E-state index in [2.05, 4.69) is 123 Å². The third kappa shape index (κ3) is 48.5. The topological polar surface area (TPSA) is 95.9 Å². The Balaban J connectivity index is 4.77. The third-order valence-corrected chi connectivity index (χ3v) is 11.6. The Hall–Kier alpha value is -3.74. The first-order chi connectivity index (χ1) is 33.0. The van der Waals surface area contributed by atoms with E-state index >= 15 is 0 Å². The lowest BCUT2D eigenvalue weighted by Crippen LogP contribution is -2.46.